The summed E-state index contributed by atoms with van der Waals surface area (Å²) >= 11 is 7.60. The molecule has 0 unspecified atom stereocenters. The van der Waals surface area contributed by atoms with Gasteiger partial charge >= 0.3 is 6.03 Å². The molecule has 0 bridgehead atoms. The number of hydrogen-bond acceptors (Lipinski definition) is 3. The number of rotatable bonds is 2. The van der Waals surface area contributed by atoms with Gasteiger partial charge in [-0.1, -0.05) is 11.6 Å². The van der Waals surface area contributed by atoms with Gasteiger partial charge in [0.05, 0.1) is 10.7 Å². The summed E-state index contributed by atoms with van der Waals surface area (Å²) in [4.78, 5) is 25.9. The predicted molar refractivity (Wildman–Crippen MR) is 73.3 cm³/mol. The SMILES string of the molecule is CSc1ccc(N2C(=O)NC(C)(C)C2=O)cc1Cl. The summed E-state index contributed by atoms with van der Waals surface area (Å²) in [5.74, 6) is -0.277. The van der Waals surface area contributed by atoms with Gasteiger partial charge in [0.15, 0.2) is 0 Å². The molecule has 1 fully saturated rings. The van der Waals surface area contributed by atoms with Crippen molar-refractivity contribution in [2.24, 2.45) is 0 Å². The molecule has 6 heteroatoms. The minimum Gasteiger partial charge on any atom is -0.323 e. The van der Waals surface area contributed by atoms with E-state index in [9.17, 15) is 9.59 Å². The third-order valence-corrected chi connectivity index (χ3v) is 3.97. The van der Waals surface area contributed by atoms with Crippen LogP contribution in [0.3, 0.4) is 0 Å². The molecule has 1 heterocycles. The summed E-state index contributed by atoms with van der Waals surface area (Å²) in [5.41, 5.74) is -0.382. The summed E-state index contributed by atoms with van der Waals surface area (Å²) in [6.07, 6.45) is 1.91. The molecule has 1 N–H and O–H groups in total. The van der Waals surface area contributed by atoms with Crippen LogP contribution in [0.5, 0.6) is 0 Å². The number of amides is 3. The quantitative estimate of drug-likeness (QED) is 0.671. The van der Waals surface area contributed by atoms with Gasteiger partial charge in [0.25, 0.3) is 5.91 Å². The van der Waals surface area contributed by atoms with E-state index in [0.29, 0.717) is 10.7 Å². The number of urea groups is 1. The Morgan fingerprint density at radius 3 is 2.44 bits per heavy atom. The van der Waals surface area contributed by atoms with Crippen molar-refractivity contribution in [1.29, 1.82) is 0 Å². The molecule has 0 atom stereocenters. The van der Waals surface area contributed by atoms with Crippen molar-refractivity contribution in [2.45, 2.75) is 24.3 Å². The van der Waals surface area contributed by atoms with Crippen LogP contribution in [0.1, 0.15) is 13.8 Å². The standard InChI is InChI=1S/C12H13ClN2O2S/c1-12(2)10(16)15(11(17)14-12)7-4-5-9(18-3)8(13)6-7/h4-6H,1-3H3,(H,14,17). The molecule has 1 saturated heterocycles. The van der Waals surface area contributed by atoms with Crippen molar-refractivity contribution in [3.8, 4) is 0 Å². The number of nitrogens with zero attached hydrogens (tertiary/aromatic N) is 1. The number of carbonyl (C=O) groups excluding carboxylic acids is 2. The van der Waals surface area contributed by atoms with Crippen molar-refractivity contribution in [2.75, 3.05) is 11.2 Å². The number of nitrogens with one attached hydrogen (secondary N) is 1. The number of hydrogen-bond donors (Lipinski definition) is 1. The molecular formula is C12H13ClN2O2S. The van der Waals surface area contributed by atoms with Gasteiger partial charge < -0.3 is 5.32 Å². The highest BCUT2D eigenvalue weighted by molar-refractivity contribution is 7.98. The van der Waals surface area contributed by atoms with Crippen LogP contribution in [-0.2, 0) is 4.79 Å². The number of thioether (sulfide) groups is 1. The maximum Gasteiger partial charge on any atom is 0.329 e. The number of benzene rings is 1. The highest BCUT2D eigenvalue weighted by atomic mass is 35.5. The zero-order valence-electron chi connectivity index (χ0n) is 10.3. The first-order valence-electron chi connectivity index (χ1n) is 5.37. The van der Waals surface area contributed by atoms with Crippen molar-refractivity contribution >= 4 is 41.0 Å². The number of imide groups is 1. The average Bonchev–Trinajstić information content (AvgIpc) is 2.48. The topological polar surface area (TPSA) is 49.4 Å². The van der Waals surface area contributed by atoms with Gasteiger partial charge in [-0.15, -0.1) is 11.8 Å². The van der Waals surface area contributed by atoms with Crippen LogP contribution in [0, 0.1) is 0 Å². The molecule has 0 aromatic heterocycles. The van der Waals surface area contributed by atoms with Gasteiger partial charge in [0.1, 0.15) is 5.54 Å². The molecule has 3 amide bonds. The first-order valence-corrected chi connectivity index (χ1v) is 6.97. The van der Waals surface area contributed by atoms with Crippen LogP contribution in [0.15, 0.2) is 23.1 Å². The van der Waals surface area contributed by atoms with E-state index in [2.05, 4.69) is 5.32 Å². The van der Waals surface area contributed by atoms with Crippen LogP contribution < -0.4 is 10.2 Å². The van der Waals surface area contributed by atoms with Gasteiger partial charge in [-0.2, -0.15) is 0 Å². The Hall–Kier alpha value is -1.20. The monoisotopic (exact) mass is 284 g/mol. The Labute approximate surface area is 115 Å². The highest BCUT2D eigenvalue weighted by Crippen LogP contribution is 2.32. The van der Waals surface area contributed by atoms with E-state index < -0.39 is 11.6 Å². The van der Waals surface area contributed by atoms with Crippen LogP contribution in [-0.4, -0.2) is 23.7 Å². The Bertz CT molecular complexity index is 531. The third kappa shape index (κ3) is 2.08. The fraction of sp³-hybridized carbons (Fsp3) is 0.333. The lowest BCUT2D eigenvalue weighted by Crippen LogP contribution is -2.40. The second-order valence-corrected chi connectivity index (χ2v) is 5.77. The number of carbonyl (C=O) groups is 2. The predicted octanol–water partition coefficient (Wildman–Crippen LogP) is 2.90. The fourth-order valence-electron chi connectivity index (χ4n) is 1.78. The van der Waals surface area contributed by atoms with Gasteiger partial charge in [0.2, 0.25) is 0 Å². The summed E-state index contributed by atoms with van der Waals surface area (Å²) in [7, 11) is 0. The molecule has 18 heavy (non-hydrogen) atoms. The maximum atomic E-state index is 12.1. The third-order valence-electron chi connectivity index (χ3n) is 2.75. The van der Waals surface area contributed by atoms with Crippen LogP contribution in [0.4, 0.5) is 10.5 Å². The molecule has 0 radical (unpaired) electrons. The zero-order valence-corrected chi connectivity index (χ0v) is 11.9. The van der Waals surface area contributed by atoms with Crippen molar-refractivity contribution < 1.29 is 9.59 Å². The van der Waals surface area contributed by atoms with Crippen molar-refractivity contribution in [3.05, 3.63) is 23.2 Å². The van der Waals surface area contributed by atoms with Gasteiger partial charge in [-0.25, -0.2) is 9.69 Å². The second-order valence-electron chi connectivity index (χ2n) is 4.51. The molecule has 1 aliphatic rings. The summed E-state index contributed by atoms with van der Waals surface area (Å²) in [6, 6.07) is 4.73. The minimum atomic E-state index is -0.873. The van der Waals surface area contributed by atoms with E-state index in [1.165, 1.54) is 11.8 Å². The van der Waals surface area contributed by atoms with Gasteiger partial charge in [-0.3, -0.25) is 4.79 Å². The molecule has 0 spiro atoms. The highest BCUT2D eigenvalue weighted by Gasteiger charge is 2.45. The molecule has 1 aliphatic heterocycles. The number of halogens is 1. The van der Waals surface area contributed by atoms with E-state index in [0.717, 1.165) is 9.80 Å². The lowest BCUT2D eigenvalue weighted by molar-refractivity contribution is -0.120. The van der Waals surface area contributed by atoms with E-state index in [1.54, 1.807) is 32.0 Å². The largest absolute Gasteiger partial charge is 0.329 e. The van der Waals surface area contributed by atoms with E-state index in [4.69, 9.17) is 11.6 Å². The minimum absolute atomic E-state index is 0.277. The Morgan fingerprint density at radius 2 is 2.00 bits per heavy atom. The molecule has 96 valence electrons. The molecule has 2 rings (SSSR count). The summed E-state index contributed by atoms with van der Waals surface area (Å²) in [5, 5.41) is 3.16. The molecule has 4 nitrogen and oxygen atoms in total. The zero-order chi connectivity index (χ0) is 13.5. The summed E-state index contributed by atoms with van der Waals surface area (Å²) < 4.78 is 0. The van der Waals surface area contributed by atoms with Crippen LogP contribution in [0.2, 0.25) is 5.02 Å². The lowest BCUT2D eigenvalue weighted by atomic mass is 10.1. The van der Waals surface area contributed by atoms with Gasteiger partial charge in [0, 0.05) is 4.90 Å². The smallest absolute Gasteiger partial charge is 0.323 e. The molecule has 1 aromatic rings. The molecule has 0 saturated carbocycles. The molecule has 1 aromatic carbocycles. The summed E-state index contributed by atoms with van der Waals surface area (Å²) in [6.45, 7) is 3.34. The Kier molecular flexibility index (Phi) is 3.29. The van der Waals surface area contributed by atoms with Gasteiger partial charge in [-0.05, 0) is 38.3 Å². The van der Waals surface area contributed by atoms with E-state index in [-0.39, 0.29) is 5.91 Å². The Balaban J connectivity index is 2.41. The van der Waals surface area contributed by atoms with Crippen molar-refractivity contribution in [1.82, 2.24) is 5.32 Å². The molecular weight excluding hydrogens is 272 g/mol. The van der Waals surface area contributed by atoms with E-state index >= 15 is 0 Å². The van der Waals surface area contributed by atoms with Crippen LogP contribution in [0.25, 0.3) is 0 Å². The normalized spacial score (nSPS) is 18.1. The first-order chi connectivity index (χ1) is 8.36. The van der Waals surface area contributed by atoms with Crippen molar-refractivity contribution in [3.63, 3.8) is 0 Å². The van der Waals surface area contributed by atoms with Crippen LogP contribution >= 0.6 is 23.4 Å². The van der Waals surface area contributed by atoms with E-state index in [1.807, 2.05) is 6.26 Å². The maximum absolute atomic E-state index is 12.1. The first kappa shape index (κ1) is 13.2. The average molecular weight is 285 g/mol. The molecule has 0 aliphatic carbocycles. The fourth-order valence-corrected chi connectivity index (χ4v) is 2.64. The number of anilines is 1. The lowest BCUT2D eigenvalue weighted by Gasteiger charge is -2.16. The second kappa shape index (κ2) is 4.48. The Morgan fingerprint density at radius 1 is 1.33 bits per heavy atom.